The number of ether oxygens (including phenoxy) is 1. The van der Waals surface area contributed by atoms with Crippen LogP contribution >= 0.6 is 11.3 Å². The average molecular weight is 583 g/mol. The number of piperazine rings is 1. The number of carbonyl (C=O) groups is 2. The number of alkyl halides is 6. The van der Waals surface area contributed by atoms with E-state index in [0.29, 0.717) is 0 Å². The molecule has 4 rings (SSSR count). The SMILES string of the molecule is CCN1CCN(c2ncnc3scc(-c4cccc(OC)c4)c23)CC1.O=C(O)C(F)(F)F.O=C(O)C(F)(F)F. The van der Waals surface area contributed by atoms with Crippen LogP contribution in [-0.4, -0.2) is 89.2 Å². The number of methoxy groups -OCH3 is 1. The van der Waals surface area contributed by atoms with Gasteiger partial charge in [0.15, 0.2) is 0 Å². The number of nitrogens with zero attached hydrogens (tertiary/aromatic N) is 4. The van der Waals surface area contributed by atoms with E-state index in [1.807, 2.05) is 12.1 Å². The summed E-state index contributed by atoms with van der Waals surface area (Å²) in [4.78, 5) is 32.9. The Bertz CT molecular complexity index is 1240. The summed E-state index contributed by atoms with van der Waals surface area (Å²) in [6.07, 6.45) is -8.48. The number of fused-ring (bicyclic) bond motifs is 1. The van der Waals surface area contributed by atoms with E-state index < -0.39 is 24.3 Å². The summed E-state index contributed by atoms with van der Waals surface area (Å²) in [6.45, 7) is 7.51. The Hall–Kier alpha value is -3.66. The second kappa shape index (κ2) is 13.4. The lowest BCUT2D eigenvalue weighted by Crippen LogP contribution is -2.46. The Morgan fingerprint density at radius 1 is 1.00 bits per heavy atom. The van der Waals surface area contributed by atoms with Crippen LogP contribution in [0.15, 0.2) is 36.0 Å². The molecule has 2 aromatic heterocycles. The summed E-state index contributed by atoms with van der Waals surface area (Å²) in [5, 5.41) is 17.6. The molecule has 0 aliphatic carbocycles. The molecule has 1 aliphatic heterocycles. The van der Waals surface area contributed by atoms with Crippen molar-refractivity contribution in [2.75, 3.05) is 44.7 Å². The number of rotatable bonds is 4. The van der Waals surface area contributed by atoms with Gasteiger partial charge in [-0.3, -0.25) is 0 Å². The van der Waals surface area contributed by atoms with Crippen LogP contribution in [0.5, 0.6) is 5.75 Å². The van der Waals surface area contributed by atoms with Crippen LogP contribution in [0.2, 0.25) is 0 Å². The third kappa shape index (κ3) is 8.95. The van der Waals surface area contributed by atoms with Crippen LogP contribution in [-0.2, 0) is 9.59 Å². The van der Waals surface area contributed by atoms with Crippen molar-refractivity contribution >= 4 is 39.3 Å². The Labute approximate surface area is 222 Å². The quantitative estimate of drug-likeness (QED) is 0.420. The van der Waals surface area contributed by atoms with Crippen molar-refractivity contribution in [1.82, 2.24) is 14.9 Å². The minimum absolute atomic E-state index is 0.867. The topological polar surface area (TPSA) is 116 Å². The number of benzene rings is 1. The predicted molar refractivity (Wildman–Crippen MR) is 131 cm³/mol. The summed E-state index contributed by atoms with van der Waals surface area (Å²) in [5.74, 6) is -3.59. The van der Waals surface area contributed by atoms with Crippen LogP contribution in [0.25, 0.3) is 21.3 Å². The van der Waals surface area contributed by atoms with E-state index in [1.165, 1.54) is 5.56 Å². The molecule has 2 N–H and O–H groups in total. The lowest BCUT2D eigenvalue weighted by atomic mass is 10.1. The van der Waals surface area contributed by atoms with E-state index in [-0.39, 0.29) is 0 Å². The summed E-state index contributed by atoms with van der Waals surface area (Å²) in [6, 6.07) is 8.20. The minimum Gasteiger partial charge on any atom is -0.497 e. The van der Waals surface area contributed by atoms with Gasteiger partial charge in [0.1, 0.15) is 22.7 Å². The number of carboxylic acids is 2. The maximum absolute atomic E-state index is 10.6. The second-order valence-corrected chi connectivity index (χ2v) is 8.64. The molecule has 214 valence electrons. The van der Waals surface area contributed by atoms with Crippen molar-refractivity contribution in [1.29, 1.82) is 0 Å². The molecule has 1 fully saturated rings. The molecule has 1 saturated heterocycles. The number of aromatic nitrogens is 2. The normalized spacial score (nSPS) is 14.1. The second-order valence-electron chi connectivity index (χ2n) is 7.79. The fraction of sp³-hybridized carbons (Fsp3) is 0.391. The maximum atomic E-state index is 10.6. The molecule has 16 heteroatoms. The van der Waals surface area contributed by atoms with Gasteiger partial charge in [-0.15, -0.1) is 11.3 Å². The Morgan fingerprint density at radius 2 is 1.56 bits per heavy atom. The number of halogens is 6. The molecule has 3 aromatic rings. The highest BCUT2D eigenvalue weighted by atomic mass is 32.1. The van der Waals surface area contributed by atoms with E-state index in [2.05, 4.69) is 44.2 Å². The standard InChI is InChI=1S/C19H22N4OS.2C2HF3O2/c1-3-22-7-9-23(10-8-22)18-17-16(12-25-19(17)21-13-20-18)14-5-4-6-15(11-14)24-2;2*3-2(4,5)1(6)7/h4-6,11-13H,3,7-10H2,1-2H3;2*(H,6,7). The third-order valence-electron chi connectivity index (χ3n) is 5.34. The van der Waals surface area contributed by atoms with Crippen LogP contribution in [0, 0.1) is 0 Å². The van der Waals surface area contributed by atoms with Gasteiger partial charge < -0.3 is 24.7 Å². The van der Waals surface area contributed by atoms with Crippen LogP contribution in [0.1, 0.15) is 6.92 Å². The third-order valence-corrected chi connectivity index (χ3v) is 6.22. The average Bonchev–Trinajstić information content (AvgIpc) is 3.33. The van der Waals surface area contributed by atoms with Crippen LogP contribution in [0.4, 0.5) is 32.2 Å². The van der Waals surface area contributed by atoms with Gasteiger partial charge in [-0.05, 0) is 24.2 Å². The fourth-order valence-corrected chi connectivity index (χ4v) is 4.29. The molecule has 1 aromatic carbocycles. The van der Waals surface area contributed by atoms with Gasteiger partial charge in [0.25, 0.3) is 0 Å². The molecule has 0 amide bonds. The number of thiophene rings is 1. The molecule has 0 radical (unpaired) electrons. The monoisotopic (exact) mass is 582 g/mol. The first kappa shape index (κ1) is 31.6. The minimum atomic E-state index is -5.08. The van der Waals surface area contributed by atoms with E-state index in [1.54, 1.807) is 24.8 Å². The van der Waals surface area contributed by atoms with E-state index in [9.17, 15) is 26.3 Å². The van der Waals surface area contributed by atoms with Crippen molar-refractivity contribution in [3.05, 3.63) is 36.0 Å². The molecule has 3 heterocycles. The van der Waals surface area contributed by atoms with Gasteiger partial charge in [-0.25, -0.2) is 19.6 Å². The van der Waals surface area contributed by atoms with Gasteiger partial charge in [-0.2, -0.15) is 26.3 Å². The van der Waals surface area contributed by atoms with Gasteiger partial charge in [0.2, 0.25) is 0 Å². The molecule has 0 unspecified atom stereocenters. The largest absolute Gasteiger partial charge is 0.497 e. The molecule has 0 saturated carbocycles. The number of aliphatic carboxylic acids is 2. The Kier molecular flexibility index (Phi) is 10.9. The zero-order valence-corrected chi connectivity index (χ0v) is 21.4. The van der Waals surface area contributed by atoms with Gasteiger partial charge in [-0.1, -0.05) is 19.1 Å². The Balaban J connectivity index is 0.000000317. The molecule has 9 nitrogen and oxygen atoms in total. The number of hydrogen-bond donors (Lipinski definition) is 2. The van der Waals surface area contributed by atoms with Gasteiger partial charge in [0, 0.05) is 37.1 Å². The first-order chi connectivity index (χ1) is 18.2. The molecule has 0 bridgehead atoms. The molecule has 0 atom stereocenters. The van der Waals surface area contributed by atoms with Crippen molar-refractivity contribution in [2.24, 2.45) is 0 Å². The maximum Gasteiger partial charge on any atom is 0.490 e. The molecule has 1 aliphatic rings. The summed E-state index contributed by atoms with van der Waals surface area (Å²) in [5.41, 5.74) is 2.33. The van der Waals surface area contributed by atoms with E-state index in [0.717, 1.165) is 60.1 Å². The van der Waals surface area contributed by atoms with Gasteiger partial charge in [0.05, 0.1) is 12.5 Å². The van der Waals surface area contributed by atoms with Crippen LogP contribution in [0.3, 0.4) is 0 Å². The molecule has 0 spiro atoms. The van der Waals surface area contributed by atoms with Crippen molar-refractivity contribution < 1.29 is 50.9 Å². The number of likely N-dealkylation sites (N-methyl/N-ethyl adjacent to an activating group) is 1. The highest BCUT2D eigenvalue weighted by Crippen LogP contribution is 2.38. The Morgan fingerprint density at radius 3 is 2.05 bits per heavy atom. The first-order valence-electron chi connectivity index (χ1n) is 11.1. The first-order valence-corrected chi connectivity index (χ1v) is 12.0. The van der Waals surface area contributed by atoms with Crippen molar-refractivity contribution in [3.8, 4) is 16.9 Å². The fourth-order valence-electron chi connectivity index (χ4n) is 3.38. The number of hydrogen-bond acceptors (Lipinski definition) is 8. The smallest absolute Gasteiger partial charge is 0.490 e. The van der Waals surface area contributed by atoms with E-state index >= 15 is 0 Å². The summed E-state index contributed by atoms with van der Waals surface area (Å²) >= 11 is 1.68. The number of anilines is 1. The van der Waals surface area contributed by atoms with E-state index in [4.69, 9.17) is 24.5 Å². The highest BCUT2D eigenvalue weighted by Gasteiger charge is 2.38. The predicted octanol–water partition coefficient (Wildman–Crippen LogP) is 4.78. The molecular formula is C23H24F6N4O5S. The molecule has 39 heavy (non-hydrogen) atoms. The summed E-state index contributed by atoms with van der Waals surface area (Å²) < 4.78 is 68.9. The van der Waals surface area contributed by atoms with Crippen LogP contribution < -0.4 is 9.64 Å². The van der Waals surface area contributed by atoms with Crippen molar-refractivity contribution in [2.45, 2.75) is 19.3 Å². The molecular weight excluding hydrogens is 558 g/mol. The number of carboxylic acid groups (broad SMARTS) is 2. The van der Waals surface area contributed by atoms with Crippen molar-refractivity contribution in [3.63, 3.8) is 0 Å². The zero-order valence-electron chi connectivity index (χ0n) is 20.6. The lowest BCUT2D eigenvalue weighted by molar-refractivity contribution is -0.193. The summed E-state index contributed by atoms with van der Waals surface area (Å²) in [7, 11) is 1.70. The van der Waals surface area contributed by atoms with Gasteiger partial charge >= 0.3 is 24.3 Å². The highest BCUT2D eigenvalue weighted by molar-refractivity contribution is 7.17. The zero-order chi connectivity index (χ0) is 29.4. The lowest BCUT2D eigenvalue weighted by Gasteiger charge is -2.35.